The van der Waals surface area contributed by atoms with Gasteiger partial charge in [-0.2, -0.15) is 0 Å². The number of methoxy groups -OCH3 is 1. The minimum atomic E-state index is 0.750. The van der Waals surface area contributed by atoms with E-state index >= 15 is 0 Å². The van der Waals surface area contributed by atoms with E-state index in [1.54, 1.807) is 7.11 Å². The van der Waals surface area contributed by atoms with Gasteiger partial charge < -0.3 is 4.74 Å². The highest BCUT2D eigenvalue weighted by atomic mass is 16.5. The molecule has 0 saturated carbocycles. The Morgan fingerprint density at radius 1 is 1.24 bits per heavy atom. The van der Waals surface area contributed by atoms with Crippen LogP contribution in [0.1, 0.15) is 12.0 Å². The molecule has 0 N–H and O–H groups in total. The average Bonchev–Trinajstić information content (AvgIpc) is 2.79. The lowest BCUT2D eigenvalue weighted by Gasteiger charge is -1.98. The Morgan fingerprint density at radius 3 is 2.71 bits per heavy atom. The Morgan fingerprint density at radius 2 is 2.00 bits per heavy atom. The quantitative estimate of drug-likeness (QED) is 0.741. The molecule has 1 aromatic carbocycles. The molecule has 0 aliphatic carbocycles. The van der Waals surface area contributed by atoms with Gasteiger partial charge in [-0.25, -0.2) is 0 Å². The van der Waals surface area contributed by atoms with Crippen LogP contribution in [0.4, 0.5) is 0 Å². The number of aryl methyl sites for hydroxylation is 2. The maximum atomic E-state index is 5.01. The van der Waals surface area contributed by atoms with E-state index in [2.05, 4.69) is 41.5 Å². The van der Waals surface area contributed by atoms with Crippen LogP contribution in [0.25, 0.3) is 11.3 Å². The first-order valence-corrected chi connectivity index (χ1v) is 5.75. The maximum absolute atomic E-state index is 5.01. The van der Waals surface area contributed by atoms with E-state index < -0.39 is 0 Å². The van der Waals surface area contributed by atoms with E-state index in [0.717, 1.165) is 30.8 Å². The molecule has 0 bridgehead atoms. The predicted octanol–water partition coefficient (Wildman–Crippen LogP) is 2.29. The summed E-state index contributed by atoms with van der Waals surface area (Å²) in [7, 11) is 1.71. The van der Waals surface area contributed by atoms with Crippen molar-refractivity contribution in [3.05, 3.63) is 36.0 Å². The molecule has 4 nitrogen and oxygen atoms in total. The van der Waals surface area contributed by atoms with E-state index in [0.29, 0.717) is 0 Å². The van der Waals surface area contributed by atoms with Gasteiger partial charge in [-0.05, 0) is 13.3 Å². The smallest absolute Gasteiger partial charge is 0.113 e. The highest BCUT2D eigenvalue weighted by Crippen LogP contribution is 2.16. The summed E-state index contributed by atoms with van der Waals surface area (Å²) in [4.78, 5) is 0. The number of ether oxygens (including phenoxy) is 1. The van der Waals surface area contributed by atoms with Crippen molar-refractivity contribution >= 4 is 0 Å². The number of aromatic nitrogens is 3. The van der Waals surface area contributed by atoms with E-state index in [1.807, 2.05) is 10.9 Å². The van der Waals surface area contributed by atoms with Gasteiger partial charge in [0.25, 0.3) is 0 Å². The van der Waals surface area contributed by atoms with Gasteiger partial charge in [0, 0.05) is 25.8 Å². The maximum Gasteiger partial charge on any atom is 0.113 e. The van der Waals surface area contributed by atoms with Crippen molar-refractivity contribution in [2.75, 3.05) is 13.7 Å². The second-order valence-corrected chi connectivity index (χ2v) is 4.08. The third-order valence-electron chi connectivity index (χ3n) is 2.62. The molecule has 0 amide bonds. The second-order valence-electron chi connectivity index (χ2n) is 4.08. The fourth-order valence-corrected chi connectivity index (χ4v) is 1.64. The van der Waals surface area contributed by atoms with Crippen LogP contribution >= 0.6 is 0 Å². The summed E-state index contributed by atoms with van der Waals surface area (Å²) in [5.41, 5.74) is 3.28. The van der Waals surface area contributed by atoms with Crippen LogP contribution in [0.2, 0.25) is 0 Å². The van der Waals surface area contributed by atoms with Gasteiger partial charge in [0.2, 0.25) is 0 Å². The summed E-state index contributed by atoms with van der Waals surface area (Å²) in [5.74, 6) is 0. The molecule has 90 valence electrons. The molecule has 0 radical (unpaired) electrons. The number of hydrogen-bond donors (Lipinski definition) is 0. The van der Waals surface area contributed by atoms with E-state index in [1.165, 1.54) is 5.56 Å². The van der Waals surface area contributed by atoms with Crippen molar-refractivity contribution in [1.29, 1.82) is 0 Å². The topological polar surface area (TPSA) is 39.9 Å². The third kappa shape index (κ3) is 3.14. The lowest BCUT2D eigenvalue weighted by Crippen LogP contribution is -2.01. The molecule has 0 spiro atoms. The minimum Gasteiger partial charge on any atom is -0.385 e. The summed E-state index contributed by atoms with van der Waals surface area (Å²) in [6.45, 7) is 3.66. The van der Waals surface area contributed by atoms with Gasteiger partial charge in [-0.3, -0.25) is 4.68 Å². The summed E-state index contributed by atoms with van der Waals surface area (Å²) in [6, 6.07) is 8.30. The zero-order valence-electron chi connectivity index (χ0n) is 10.3. The Bertz CT molecular complexity index is 462. The molecule has 2 rings (SSSR count). The molecule has 4 heteroatoms. The Balaban J connectivity index is 2.04. The Kier molecular flexibility index (Phi) is 3.88. The van der Waals surface area contributed by atoms with Gasteiger partial charge in [-0.15, -0.1) is 5.10 Å². The molecule has 0 fully saturated rings. The Labute approximate surface area is 101 Å². The summed E-state index contributed by atoms with van der Waals surface area (Å²) in [6.07, 6.45) is 2.92. The number of benzene rings is 1. The molecular formula is C13H17N3O. The number of nitrogens with zero attached hydrogens (tertiary/aromatic N) is 3. The molecule has 17 heavy (non-hydrogen) atoms. The monoisotopic (exact) mass is 231 g/mol. The molecule has 0 saturated heterocycles. The van der Waals surface area contributed by atoms with E-state index in [9.17, 15) is 0 Å². The second kappa shape index (κ2) is 5.59. The molecule has 0 atom stereocenters. The molecule has 0 aliphatic rings. The van der Waals surface area contributed by atoms with E-state index in [4.69, 9.17) is 4.74 Å². The fourth-order valence-electron chi connectivity index (χ4n) is 1.64. The van der Waals surface area contributed by atoms with Crippen molar-refractivity contribution < 1.29 is 4.74 Å². The fraction of sp³-hybridized carbons (Fsp3) is 0.385. The summed E-state index contributed by atoms with van der Waals surface area (Å²) in [5, 5.41) is 8.26. The van der Waals surface area contributed by atoms with Crippen molar-refractivity contribution in [1.82, 2.24) is 15.0 Å². The minimum absolute atomic E-state index is 0.750. The first kappa shape index (κ1) is 11.8. The van der Waals surface area contributed by atoms with Crippen molar-refractivity contribution in [2.24, 2.45) is 0 Å². The third-order valence-corrected chi connectivity index (χ3v) is 2.62. The van der Waals surface area contributed by atoms with Crippen LogP contribution in [0.5, 0.6) is 0 Å². The van der Waals surface area contributed by atoms with Crippen LogP contribution in [0.15, 0.2) is 30.5 Å². The van der Waals surface area contributed by atoms with Crippen LogP contribution in [-0.2, 0) is 11.3 Å². The molecule has 2 aromatic rings. The molecule has 0 aliphatic heterocycles. The average molecular weight is 231 g/mol. The highest BCUT2D eigenvalue weighted by molar-refractivity contribution is 5.57. The molecular weight excluding hydrogens is 214 g/mol. The van der Waals surface area contributed by atoms with Gasteiger partial charge >= 0.3 is 0 Å². The first-order chi connectivity index (χ1) is 8.29. The zero-order chi connectivity index (χ0) is 12.1. The summed E-state index contributed by atoms with van der Waals surface area (Å²) < 4.78 is 6.86. The normalized spacial score (nSPS) is 10.7. The summed E-state index contributed by atoms with van der Waals surface area (Å²) >= 11 is 0. The predicted molar refractivity (Wildman–Crippen MR) is 66.7 cm³/mol. The Hall–Kier alpha value is -1.68. The zero-order valence-corrected chi connectivity index (χ0v) is 10.3. The van der Waals surface area contributed by atoms with Crippen molar-refractivity contribution in [3.8, 4) is 11.3 Å². The number of rotatable bonds is 5. The van der Waals surface area contributed by atoms with Gasteiger partial charge in [0.15, 0.2) is 0 Å². The number of hydrogen-bond acceptors (Lipinski definition) is 3. The SMILES string of the molecule is COCCCn1cc(-c2ccc(C)cc2)nn1. The van der Waals surface area contributed by atoms with Gasteiger partial charge in [-0.1, -0.05) is 35.0 Å². The lowest BCUT2D eigenvalue weighted by atomic mass is 10.1. The lowest BCUT2D eigenvalue weighted by molar-refractivity contribution is 0.189. The first-order valence-electron chi connectivity index (χ1n) is 5.75. The highest BCUT2D eigenvalue weighted by Gasteiger charge is 2.03. The van der Waals surface area contributed by atoms with Gasteiger partial charge in [0.05, 0.1) is 6.20 Å². The molecule has 0 unspecified atom stereocenters. The van der Waals surface area contributed by atoms with Crippen molar-refractivity contribution in [2.45, 2.75) is 19.9 Å². The molecule has 1 aromatic heterocycles. The van der Waals surface area contributed by atoms with Crippen LogP contribution in [0.3, 0.4) is 0 Å². The van der Waals surface area contributed by atoms with Crippen LogP contribution < -0.4 is 0 Å². The van der Waals surface area contributed by atoms with Crippen LogP contribution in [0, 0.1) is 6.92 Å². The van der Waals surface area contributed by atoms with Crippen LogP contribution in [-0.4, -0.2) is 28.7 Å². The molecule has 1 heterocycles. The van der Waals surface area contributed by atoms with E-state index in [-0.39, 0.29) is 0 Å². The van der Waals surface area contributed by atoms with Gasteiger partial charge in [0.1, 0.15) is 5.69 Å². The van der Waals surface area contributed by atoms with Crippen molar-refractivity contribution in [3.63, 3.8) is 0 Å². The standard InChI is InChI=1S/C13H17N3O/c1-11-4-6-12(7-5-11)13-10-16(15-14-13)8-3-9-17-2/h4-7,10H,3,8-9H2,1-2H3. The largest absolute Gasteiger partial charge is 0.385 e.